The molecular formula is C11H21N. The fourth-order valence-corrected chi connectivity index (χ4v) is 1.17. The molecule has 1 heterocycles. The van der Waals surface area contributed by atoms with Crippen molar-refractivity contribution in [3.63, 3.8) is 0 Å². The highest BCUT2D eigenvalue weighted by Gasteiger charge is 2.14. The zero-order valence-corrected chi connectivity index (χ0v) is 7.89. The van der Waals surface area contributed by atoms with Gasteiger partial charge in [-0.25, -0.2) is 0 Å². The third kappa shape index (κ3) is 2.47. The Labute approximate surface area is 76.6 Å². The van der Waals surface area contributed by atoms with Gasteiger partial charge in [0, 0.05) is 18.3 Å². The molecule has 1 nitrogen and oxygen atoms in total. The average Bonchev–Trinajstić information content (AvgIpc) is 2.33. The van der Waals surface area contributed by atoms with Crippen molar-refractivity contribution >= 4 is 5.71 Å². The molecule has 0 fully saturated rings. The summed E-state index contributed by atoms with van der Waals surface area (Å²) in [5.41, 5.74) is 2.82. The van der Waals surface area contributed by atoms with Crippen molar-refractivity contribution in [1.82, 2.24) is 0 Å². The molecular weight excluding hydrogens is 146 g/mol. The summed E-state index contributed by atoms with van der Waals surface area (Å²) in [7, 11) is 0. The van der Waals surface area contributed by atoms with E-state index in [1.807, 2.05) is 6.20 Å². The van der Waals surface area contributed by atoms with Crippen LogP contribution in [0.15, 0.2) is 16.8 Å². The summed E-state index contributed by atoms with van der Waals surface area (Å²) >= 11 is 0. The van der Waals surface area contributed by atoms with E-state index >= 15 is 0 Å². The topological polar surface area (TPSA) is 12.4 Å². The second-order valence-corrected chi connectivity index (χ2v) is 3.81. The first-order chi connectivity index (χ1) is 5.11. The van der Waals surface area contributed by atoms with E-state index in [0.717, 1.165) is 6.42 Å². The van der Waals surface area contributed by atoms with Crippen LogP contribution < -0.4 is 0 Å². The Morgan fingerprint density at radius 1 is 1.17 bits per heavy atom. The molecule has 0 bridgehead atoms. The second kappa shape index (κ2) is 4.44. The molecule has 0 atom stereocenters. The van der Waals surface area contributed by atoms with Crippen LogP contribution in [0, 0.1) is 11.8 Å². The molecule has 0 aromatic rings. The highest BCUT2D eigenvalue weighted by atomic mass is 14.7. The monoisotopic (exact) mass is 167 g/mol. The van der Waals surface area contributed by atoms with Crippen LogP contribution in [-0.2, 0) is 0 Å². The summed E-state index contributed by atoms with van der Waals surface area (Å²) in [6.45, 7) is 8.86. The molecule has 0 aromatic carbocycles. The number of nitrogens with zero attached hydrogens (tertiary/aromatic N) is 1. The number of allylic oxidation sites excluding steroid dienone is 1. The lowest BCUT2D eigenvalue weighted by atomic mass is 9.96. The molecule has 0 amide bonds. The Kier molecular flexibility index (Phi) is 4.22. The van der Waals surface area contributed by atoms with E-state index in [9.17, 15) is 0 Å². The van der Waals surface area contributed by atoms with E-state index < -0.39 is 0 Å². The third-order valence-electron chi connectivity index (χ3n) is 2.19. The van der Waals surface area contributed by atoms with Gasteiger partial charge in [0.15, 0.2) is 0 Å². The van der Waals surface area contributed by atoms with Gasteiger partial charge < -0.3 is 0 Å². The number of aliphatic imine (C=N–C) groups is 1. The highest BCUT2D eigenvalue weighted by molar-refractivity contribution is 5.90. The van der Waals surface area contributed by atoms with Crippen LogP contribution in [0.4, 0.5) is 0 Å². The first-order valence-electron chi connectivity index (χ1n) is 4.36. The van der Waals surface area contributed by atoms with Gasteiger partial charge in [0.05, 0.1) is 0 Å². The number of hydrogen-bond acceptors (Lipinski definition) is 1. The summed E-state index contributed by atoms with van der Waals surface area (Å²) in [4.78, 5) is 4.39. The molecule has 0 aromatic heterocycles. The molecule has 1 aliphatic heterocycles. The van der Waals surface area contributed by atoms with Crippen molar-refractivity contribution in [2.75, 3.05) is 0 Å². The second-order valence-electron chi connectivity index (χ2n) is 3.81. The lowest BCUT2D eigenvalue weighted by Crippen LogP contribution is -2.06. The van der Waals surface area contributed by atoms with Crippen LogP contribution in [0.25, 0.3) is 0 Å². The summed E-state index contributed by atoms with van der Waals surface area (Å²) < 4.78 is 0. The van der Waals surface area contributed by atoms with E-state index in [0.29, 0.717) is 11.8 Å². The standard InChI is InChI=1S/C10H17N.CH4/c1-7(2)9-5-10(8(3)4)11-6-9;/h6-8H,5H2,1-4H3;1H4. The van der Waals surface area contributed by atoms with Gasteiger partial charge in [0.2, 0.25) is 0 Å². The Morgan fingerprint density at radius 2 is 1.75 bits per heavy atom. The molecule has 1 heteroatoms. The predicted octanol–water partition coefficient (Wildman–Crippen LogP) is 3.66. The maximum absolute atomic E-state index is 4.39. The van der Waals surface area contributed by atoms with Crippen LogP contribution >= 0.6 is 0 Å². The normalized spacial score (nSPS) is 16.2. The molecule has 0 saturated carbocycles. The molecule has 70 valence electrons. The fraction of sp³-hybridized carbons (Fsp3) is 0.727. The van der Waals surface area contributed by atoms with Gasteiger partial charge in [0.25, 0.3) is 0 Å². The van der Waals surface area contributed by atoms with E-state index in [1.54, 1.807) is 0 Å². The first kappa shape index (κ1) is 11.4. The Hall–Kier alpha value is -0.590. The molecule has 12 heavy (non-hydrogen) atoms. The van der Waals surface area contributed by atoms with Crippen molar-refractivity contribution in [2.24, 2.45) is 16.8 Å². The van der Waals surface area contributed by atoms with Gasteiger partial charge in [0.1, 0.15) is 0 Å². The van der Waals surface area contributed by atoms with E-state index in [1.165, 1.54) is 11.3 Å². The fourth-order valence-electron chi connectivity index (χ4n) is 1.17. The van der Waals surface area contributed by atoms with Gasteiger partial charge in [-0.3, -0.25) is 4.99 Å². The number of hydrogen-bond donors (Lipinski definition) is 0. The smallest absolute Gasteiger partial charge is 0.0265 e. The Balaban J connectivity index is 0.00000121. The van der Waals surface area contributed by atoms with Gasteiger partial charge in [-0.2, -0.15) is 0 Å². The van der Waals surface area contributed by atoms with Crippen molar-refractivity contribution in [3.8, 4) is 0 Å². The SMILES string of the molecule is C.CC(C)C1=CN=C(C(C)C)C1. The predicted molar refractivity (Wildman–Crippen MR) is 56.5 cm³/mol. The zero-order chi connectivity index (χ0) is 8.43. The highest BCUT2D eigenvalue weighted by Crippen LogP contribution is 2.22. The molecule has 0 unspecified atom stereocenters. The van der Waals surface area contributed by atoms with Gasteiger partial charge in [-0.15, -0.1) is 0 Å². The summed E-state index contributed by atoms with van der Waals surface area (Å²) in [5.74, 6) is 1.28. The lowest BCUT2D eigenvalue weighted by Gasteiger charge is -2.07. The molecule has 0 saturated heterocycles. The minimum Gasteiger partial charge on any atom is -0.265 e. The summed E-state index contributed by atoms with van der Waals surface area (Å²) in [6, 6.07) is 0. The molecule has 0 spiro atoms. The summed E-state index contributed by atoms with van der Waals surface area (Å²) in [6.07, 6.45) is 3.15. The summed E-state index contributed by atoms with van der Waals surface area (Å²) in [5, 5.41) is 0. The minimum atomic E-state index is 0. The van der Waals surface area contributed by atoms with Crippen molar-refractivity contribution in [1.29, 1.82) is 0 Å². The quantitative estimate of drug-likeness (QED) is 0.595. The lowest BCUT2D eigenvalue weighted by molar-refractivity contribution is 0.750. The minimum absolute atomic E-state index is 0. The van der Waals surface area contributed by atoms with Crippen LogP contribution in [-0.4, -0.2) is 5.71 Å². The van der Waals surface area contributed by atoms with Gasteiger partial charge in [-0.05, 0) is 17.4 Å². The maximum Gasteiger partial charge on any atom is 0.0265 e. The molecule has 0 aliphatic carbocycles. The Bertz CT molecular complexity index is 175. The van der Waals surface area contributed by atoms with Crippen LogP contribution in [0.2, 0.25) is 0 Å². The molecule has 0 N–H and O–H groups in total. The van der Waals surface area contributed by atoms with Gasteiger partial charge >= 0.3 is 0 Å². The van der Waals surface area contributed by atoms with Crippen LogP contribution in [0.1, 0.15) is 41.5 Å². The average molecular weight is 167 g/mol. The van der Waals surface area contributed by atoms with Gasteiger partial charge in [-0.1, -0.05) is 35.1 Å². The Morgan fingerprint density at radius 3 is 2.00 bits per heavy atom. The maximum atomic E-state index is 4.39. The zero-order valence-electron chi connectivity index (χ0n) is 7.89. The van der Waals surface area contributed by atoms with E-state index in [-0.39, 0.29) is 7.43 Å². The molecule has 0 radical (unpaired) electrons. The van der Waals surface area contributed by atoms with Crippen molar-refractivity contribution in [3.05, 3.63) is 11.8 Å². The molecule has 1 rings (SSSR count). The van der Waals surface area contributed by atoms with Crippen LogP contribution in [0.5, 0.6) is 0 Å². The third-order valence-corrected chi connectivity index (χ3v) is 2.19. The van der Waals surface area contributed by atoms with E-state index in [2.05, 4.69) is 32.7 Å². The van der Waals surface area contributed by atoms with E-state index in [4.69, 9.17) is 0 Å². The van der Waals surface area contributed by atoms with Crippen molar-refractivity contribution in [2.45, 2.75) is 41.5 Å². The molecule has 1 aliphatic rings. The van der Waals surface area contributed by atoms with Crippen molar-refractivity contribution < 1.29 is 0 Å². The van der Waals surface area contributed by atoms with Crippen LogP contribution in [0.3, 0.4) is 0 Å². The first-order valence-corrected chi connectivity index (χ1v) is 4.36. The largest absolute Gasteiger partial charge is 0.265 e. The number of rotatable bonds is 2.